The number of fused-ring (bicyclic) bond motifs is 2. The van der Waals surface area contributed by atoms with Crippen molar-refractivity contribution in [2.24, 2.45) is 0 Å². The fourth-order valence-electron chi connectivity index (χ4n) is 3.03. The first-order valence-electron chi connectivity index (χ1n) is 8.57. The van der Waals surface area contributed by atoms with E-state index in [1.54, 1.807) is 6.92 Å². The van der Waals surface area contributed by atoms with Gasteiger partial charge in [0.1, 0.15) is 0 Å². The van der Waals surface area contributed by atoms with Crippen LogP contribution >= 0.6 is 0 Å². The van der Waals surface area contributed by atoms with Gasteiger partial charge in [0.2, 0.25) is 10.0 Å². The molecule has 4 rings (SSSR count). The summed E-state index contributed by atoms with van der Waals surface area (Å²) in [6, 6.07) is 11.6. The predicted molar refractivity (Wildman–Crippen MR) is 105 cm³/mol. The Morgan fingerprint density at radius 2 is 1.79 bits per heavy atom. The van der Waals surface area contributed by atoms with Gasteiger partial charge in [-0.15, -0.1) is 0 Å². The maximum Gasteiger partial charge on any atom is 0.417 e. The molecule has 2 heterocycles. The number of oxazole rings is 1. The van der Waals surface area contributed by atoms with E-state index < -0.39 is 15.8 Å². The maximum absolute atomic E-state index is 12.5. The van der Waals surface area contributed by atoms with Crippen LogP contribution in [0.4, 0.5) is 0 Å². The summed E-state index contributed by atoms with van der Waals surface area (Å²) in [6.45, 7) is 1.94. The second-order valence-electron chi connectivity index (χ2n) is 6.52. The fraction of sp³-hybridized carbons (Fsp3) is 0.158. The van der Waals surface area contributed by atoms with Gasteiger partial charge >= 0.3 is 5.76 Å². The Morgan fingerprint density at radius 1 is 1.00 bits per heavy atom. The van der Waals surface area contributed by atoms with Crippen LogP contribution in [0.5, 0.6) is 0 Å². The Hall–Kier alpha value is -3.17. The van der Waals surface area contributed by atoms with Crippen LogP contribution in [0.3, 0.4) is 0 Å². The van der Waals surface area contributed by atoms with Crippen molar-refractivity contribution in [1.82, 2.24) is 14.7 Å². The zero-order valence-corrected chi connectivity index (χ0v) is 15.7. The second-order valence-corrected chi connectivity index (χ2v) is 8.29. The number of aryl methyl sites for hydroxylation is 1. The average molecular weight is 399 g/mol. The Kier molecular flexibility index (Phi) is 4.40. The van der Waals surface area contributed by atoms with Crippen LogP contribution in [0.2, 0.25) is 0 Å². The summed E-state index contributed by atoms with van der Waals surface area (Å²) in [4.78, 5) is 28.2. The summed E-state index contributed by atoms with van der Waals surface area (Å²) in [5, 5.41) is 0.894. The average Bonchev–Trinajstić information content (AvgIpc) is 3.02. The molecule has 0 spiro atoms. The van der Waals surface area contributed by atoms with Crippen molar-refractivity contribution in [2.45, 2.75) is 18.2 Å². The van der Waals surface area contributed by atoms with Gasteiger partial charge in [-0.1, -0.05) is 6.07 Å². The third kappa shape index (κ3) is 3.49. The van der Waals surface area contributed by atoms with Gasteiger partial charge in [-0.25, -0.2) is 17.9 Å². The van der Waals surface area contributed by atoms with Crippen LogP contribution in [0.25, 0.3) is 22.0 Å². The molecule has 28 heavy (non-hydrogen) atoms. The van der Waals surface area contributed by atoms with Crippen molar-refractivity contribution in [3.05, 3.63) is 74.5 Å². The van der Waals surface area contributed by atoms with Gasteiger partial charge in [0.25, 0.3) is 5.56 Å². The summed E-state index contributed by atoms with van der Waals surface area (Å²) < 4.78 is 32.4. The molecule has 0 fully saturated rings. The largest absolute Gasteiger partial charge is 0.417 e. The lowest BCUT2D eigenvalue weighted by atomic mass is 10.1. The number of sulfonamides is 1. The number of aromatic nitrogens is 2. The van der Waals surface area contributed by atoms with Crippen LogP contribution in [0.15, 0.2) is 61.4 Å². The molecule has 2 aromatic carbocycles. The van der Waals surface area contributed by atoms with Crippen LogP contribution in [-0.4, -0.2) is 24.9 Å². The molecule has 144 valence electrons. The molecule has 0 saturated carbocycles. The van der Waals surface area contributed by atoms with Gasteiger partial charge in [0.15, 0.2) is 5.58 Å². The van der Waals surface area contributed by atoms with E-state index in [9.17, 15) is 18.0 Å². The summed E-state index contributed by atoms with van der Waals surface area (Å²) in [7, 11) is -3.74. The normalized spacial score (nSPS) is 12.0. The lowest BCUT2D eigenvalue weighted by Gasteiger charge is -2.08. The van der Waals surface area contributed by atoms with Crippen molar-refractivity contribution < 1.29 is 12.8 Å². The molecule has 9 heteroatoms. The molecule has 0 aliphatic rings. The number of rotatable bonds is 5. The third-order valence-corrected chi connectivity index (χ3v) is 5.96. The minimum atomic E-state index is -3.74. The van der Waals surface area contributed by atoms with Gasteiger partial charge in [0.05, 0.1) is 10.4 Å². The Labute approximate surface area is 159 Å². The van der Waals surface area contributed by atoms with E-state index in [-0.39, 0.29) is 22.6 Å². The molecule has 0 bridgehead atoms. The smallest absolute Gasteiger partial charge is 0.408 e. The third-order valence-electron chi connectivity index (χ3n) is 4.50. The minimum absolute atomic E-state index is 0.0226. The SMILES string of the molecule is Cc1cc2cc(CCNS(=O)(=O)c3ccc4[nH]c(=O)oc4c3)ccc2[nH]c1=O. The second kappa shape index (κ2) is 6.77. The van der Waals surface area contributed by atoms with Gasteiger partial charge in [-0.05, 0) is 54.6 Å². The fourth-order valence-corrected chi connectivity index (χ4v) is 4.07. The van der Waals surface area contributed by atoms with Crippen molar-refractivity contribution in [2.75, 3.05) is 6.54 Å². The zero-order valence-electron chi connectivity index (χ0n) is 14.9. The van der Waals surface area contributed by atoms with Crippen LogP contribution in [-0.2, 0) is 16.4 Å². The van der Waals surface area contributed by atoms with E-state index in [1.165, 1.54) is 18.2 Å². The maximum atomic E-state index is 12.5. The highest BCUT2D eigenvalue weighted by atomic mass is 32.2. The molecule has 0 atom stereocenters. The van der Waals surface area contributed by atoms with E-state index in [0.717, 1.165) is 16.5 Å². The molecular weight excluding hydrogens is 382 g/mol. The van der Waals surface area contributed by atoms with E-state index >= 15 is 0 Å². The van der Waals surface area contributed by atoms with Gasteiger partial charge in [-0.3, -0.25) is 9.78 Å². The van der Waals surface area contributed by atoms with Crippen LogP contribution < -0.4 is 16.0 Å². The van der Waals surface area contributed by atoms with E-state index in [4.69, 9.17) is 4.42 Å². The van der Waals surface area contributed by atoms with Gasteiger partial charge in [0, 0.05) is 23.7 Å². The molecule has 0 amide bonds. The summed E-state index contributed by atoms with van der Waals surface area (Å²) in [5.74, 6) is -0.634. The zero-order chi connectivity index (χ0) is 19.9. The van der Waals surface area contributed by atoms with Crippen molar-refractivity contribution >= 4 is 32.0 Å². The van der Waals surface area contributed by atoms with Crippen molar-refractivity contribution in [3.8, 4) is 0 Å². The van der Waals surface area contributed by atoms with Crippen LogP contribution in [0, 0.1) is 6.92 Å². The molecule has 0 aliphatic heterocycles. The van der Waals surface area contributed by atoms with Gasteiger partial charge in [-0.2, -0.15) is 0 Å². The first-order valence-corrected chi connectivity index (χ1v) is 10.1. The standard InChI is InChI=1S/C19H17N3O5S/c1-11-8-13-9-12(2-4-15(13)21-18(11)23)6-7-20-28(25,26)14-3-5-16-17(10-14)27-19(24)22-16/h2-5,8-10,20H,6-7H2,1H3,(H,21,23)(H,22,24). The molecule has 3 N–H and O–H groups in total. The topological polar surface area (TPSA) is 125 Å². The predicted octanol–water partition coefficient (Wildman–Crippen LogP) is 1.79. The number of benzene rings is 2. The number of nitrogens with one attached hydrogen (secondary N) is 3. The summed E-state index contributed by atoms with van der Waals surface area (Å²) in [6.07, 6.45) is 0.481. The number of pyridine rings is 1. The summed E-state index contributed by atoms with van der Waals surface area (Å²) in [5.41, 5.74) is 2.80. The molecule has 0 aliphatic carbocycles. The van der Waals surface area contributed by atoms with E-state index in [1.807, 2.05) is 24.3 Å². The first kappa shape index (κ1) is 18.2. The molecule has 2 aromatic heterocycles. The Bertz CT molecular complexity index is 1410. The highest BCUT2D eigenvalue weighted by molar-refractivity contribution is 7.89. The minimum Gasteiger partial charge on any atom is -0.408 e. The van der Waals surface area contributed by atoms with E-state index in [0.29, 0.717) is 17.5 Å². The number of hydrogen-bond donors (Lipinski definition) is 3. The molecule has 4 aromatic rings. The van der Waals surface area contributed by atoms with Crippen molar-refractivity contribution in [3.63, 3.8) is 0 Å². The highest BCUT2D eigenvalue weighted by Crippen LogP contribution is 2.17. The number of H-pyrrole nitrogens is 2. The Morgan fingerprint density at radius 3 is 2.61 bits per heavy atom. The molecule has 0 radical (unpaired) electrons. The lowest BCUT2D eigenvalue weighted by molar-refractivity contribution is 0.553. The molecule has 0 saturated heterocycles. The van der Waals surface area contributed by atoms with E-state index in [2.05, 4.69) is 14.7 Å². The highest BCUT2D eigenvalue weighted by Gasteiger charge is 2.15. The van der Waals surface area contributed by atoms with Gasteiger partial charge < -0.3 is 9.40 Å². The first-order chi connectivity index (χ1) is 13.3. The lowest BCUT2D eigenvalue weighted by Crippen LogP contribution is -2.26. The quantitative estimate of drug-likeness (QED) is 0.472. The summed E-state index contributed by atoms with van der Waals surface area (Å²) >= 11 is 0. The number of hydrogen-bond acceptors (Lipinski definition) is 5. The van der Waals surface area contributed by atoms with Crippen LogP contribution in [0.1, 0.15) is 11.1 Å². The monoisotopic (exact) mass is 399 g/mol. The Balaban J connectivity index is 1.50. The molecule has 8 nitrogen and oxygen atoms in total. The number of aromatic amines is 2. The molecule has 0 unspecified atom stereocenters. The van der Waals surface area contributed by atoms with Crippen molar-refractivity contribution in [1.29, 1.82) is 0 Å². The molecular formula is C19H17N3O5S.